The van der Waals surface area contributed by atoms with E-state index in [0.29, 0.717) is 5.56 Å². The van der Waals surface area contributed by atoms with Crippen molar-refractivity contribution in [2.24, 2.45) is 0 Å². The molecule has 0 aromatic heterocycles. The second-order valence-corrected chi connectivity index (χ2v) is 4.32. The molecule has 76 valence electrons. The highest BCUT2D eigenvalue weighted by molar-refractivity contribution is 9.10. The molecule has 2 rings (SSSR count). The molecule has 2 aromatic carbocycles. The number of hydrogen-bond donors (Lipinski definition) is 0. The quantitative estimate of drug-likeness (QED) is 0.708. The summed E-state index contributed by atoms with van der Waals surface area (Å²) in [5.74, 6) is -0.187. The van der Waals surface area contributed by atoms with Crippen LogP contribution >= 0.6 is 15.9 Å². The Labute approximate surface area is 96.9 Å². The Balaban J connectivity index is 2.64. The minimum atomic E-state index is -0.187. The number of hydrogen-bond acceptors (Lipinski definition) is 0. The Bertz CT molecular complexity index is 492. The van der Waals surface area contributed by atoms with Crippen LogP contribution in [0.25, 0.3) is 11.1 Å². The first kappa shape index (κ1) is 10.4. The fourth-order valence-electron chi connectivity index (χ4n) is 1.53. The van der Waals surface area contributed by atoms with Gasteiger partial charge in [-0.25, -0.2) is 4.39 Å². The second-order valence-electron chi connectivity index (χ2n) is 3.46. The fraction of sp³-hybridized carbons (Fsp3) is 0.0769. The highest BCUT2D eigenvalue weighted by Gasteiger charge is 2.07. The average molecular weight is 265 g/mol. The summed E-state index contributed by atoms with van der Waals surface area (Å²) in [7, 11) is 0. The highest BCUT2D eigenvalue weighted by atomic mass is 79.9. The van der Waals surface area contributed by atoms with Crippen LogP contribution in [0.3, 0.4) is 0 Å². The van der Waals surface area contributed by atoms with Crippen LogP contribution in [0.1, 0.15) is 5.56 Å². The third kappa shape index (κ3) is 2.10. The lowest BCUT2D eigenvalue weighted by atomic mass is 10.0. The van der Waals surface area contributed by atoms with Crippen LogP contribution in [-0.2, 0) is 0 Å². The van der Waals surface area contributed by atoms with E-state index in [0.717, 1.165) is 15.6 Å². The van der Waals surface area contributed by atoms with Crippen molar-refractivity contribution < 1.29 is 4.39 Å². The lowest BCUT2D eigenvalue weighted by Gasteiger charge is -2.06. The van der Waals surface area contributed by atoms with Gasteiger partial charge < -0.3 is 0 Å². The monoisotopic (exact) mass is 264 g/mol. The molecule has 0 spiro atoms. The molecule has 0 saturated heterocycles. The molecule has 0 amide bonds. The maximum absolute atomic E-state index is 13.6. The summed E-state index contributed by atoms with van der Waals surface area (Å²) in [6.45, 7) is 1.96. The molecule has 2 aromatic rings. The van der Waals surface area contributed by atoms with Crippen molar-refractivity contribution in [1.82, 2.24) is 0 Å². The van der Waals surface area contributed by atoms with Gasteiger partial charge in [0.1, 0.15) is 5.82 Å². The Morgan fingerprint density at radius 1 is 1.00 bits per heavy atom. The summed E-state index contributed by atoms with van der Waals surface area (Å²) in [6, 6.07) is 12.8. The van der Waals surface area contributed by atoms with Crippen LogP contribution in [0.5, 0.6) is 0 Å². The van der Waals surface area contributed by atoms with Crippen molar-refractivity contribution in [3.05, 3.63) is 58.3 Å². The smallest absolute Gasteiger partial charge is 0.131 e. The normalized spacial score (nSPS) is 10.3. The summed E-state index contributed by atoms with van der Waals surface area (Å²) < 4.78 is 14.5. The molecular weight excluding hydrogens is 255 g/mol. The molecule has 0 saturated carbocycles. The van der Waals surface area contributed by atoms with Crippen LogP contribution in [0.15, 0.2) is 46.9 Å². The van der Waals surface area contributed by atoms with E-state index in [-0.39, 0.29) is 5.82 Å². The summed E-state index contributed by atoms with van der Waals surface area (Å²) in [6.07, 6.45) is 0. The minimum absolute atomic E-state index is 0.187. The molecule has 0 atom stereocenters. The Morgan fingerprint density at radius 2 is 1.73 bits per heavy atom. The molecule has 0 aliphatic heterocycles. The fourth-order valence-corrected chi connectivity index (χ4v) is 2.02. The maximum Gasteiger partial charge on any atom is 0.131 e. The summed E-state index contributed by atoms with van der Waals surface area (Å²) in [5, 5.41) is 0. The van der Waals surface area contributed by atoms with Crippen molar-refractivity contribution in [2.45, 2.75) is 6.92 Å². The van der Waals surface area contributed by atoms with Gasteiger partial charge in [0.25, 0.3) is 0 Å². The minimum Gasteiger partial charge on any atom is -0.206 e. The lowest BCUT2D eigenvalue weighted by molar-refractivity contribution is 0.631. The zero-order valence-electron chi connectivity index (χ0n) is 8.30. The number of rotatable bonds is 1. The molecule has 0 aliphatic carbocycles. The predicted molar refractivity (Wildman–Crippen MR) is 64.3 cm³/mol. The van der Waals surface area contributed by atoms with E-state index < -0.39 is 0 Å². The van der Waals surface area contributed by atoms with E-state index in [2.05, 4.69) is 15.9 Å². The Morgan fingerprint density at radius 3 is 2.47 bits per heavy atom. The van der Waals surface area contributed by atoms with Gasteiger partial charge >= 0.3 is 0 Å². The van der Waals surface area contributed by atoms with Gasteiger partial charge in [0, 0.05) is 10.0 Å². The van der Waals surface area contributed by atoms with E-state index in [1.54, 1.807) is 6.07 Å². The summed E-state index contributed by atoms with van der Waals surface area (Å²) >= 11 is 3.43. The van der Waals surface area contributed by atoms with Gasteiger partial charge in [0.05, 0.1) is 0 Å². The van der Waals surface area contributed by atoms with Gasteiger partial charge in [0.15, 0.2) is 0 Å². The molecule has 15 heavy (non-hydrogen) atoms. The number of aryl methyl sites for hydroxylation is 1. The Hall–Kier alpha value is -1.15. The lowest BCUT2D eigenvalue weighted by Crippen LogP contribution is -1.86. The highest BCUT2D eigenvalue weighted by Crippen LogP contribution is 2.30. The van der Waals surface area contributed by atoms with E-state index in [1.165, 1.54) is 6.07 Å². The van der Waals surface area contributed by atoms with Gasteiger partial charge in [0.2, 0.25) is 0 Å². The molecule has 0 heterocycles. The molecule has 0 aliphatic rings. The third-order valence-electron chi connectivity index (χ3n) is 2.29. The standard InChI is InChI=1S/C13H10BrF/c1-9-6-7-13(15)11(8-9)10-4-2-3-5-12(10)14/h2-8H,1H3. The van der Waals surface area contributed by atoms with Crippen molar-refractivity contribution in [3.63, 3.8) is 0 Å². The molecular formula is C13H10BrF. The average Bonchev–Trinajstić information content (AvgIpc) is 2.23. The van der Waals surface area contributed by atoms with E-state index in [1.807, 2.05) is 37.3 Å². The third-order valence-corrected chi connectivity index (χ3v) is 2.98. The first-order valence-corrected chi connectivity index (χ1v) is 5.49. The molecule has 0 N–H and O–H groups in total. The largest absolute Gasteiger partial charge is 0.206 e. The van der Waals surface area contributed by atoms with Gasteiger partial charge in [-0.1, -0.05) is 45.8 Å². The van der Waals surface area contributed by atoms with Crippen LogP contribution < -0.4 is 0 Å². The van der Waals surface area contributed by atoms with Crippen LogP contribution in [0, 0.1) is 12.7 Å². The van der Waals surface area contributed by atoms with Gasteiger partial charge in [-0.2, -0.15) is 0 Å². The maximum atomic E-state index is 13.6. The first-order valence-electron chi connectivity index (χ1n) is 4.69. The number of benzene rings is 2. The van der Waals surface area contributed by atoms with Gasteiger partial charge in [-0.15, -0.1) is 0 Å². The zero-order chi connectivity index (χ0) is 10.8. The van der Waals surface area contributed by atoms with Crippen molar-refractivity contribution in [1.29, 1.82) is 0 Å². The molecule has 0 nitrogen and oxygen atoms in total. The second kappa shape index (κ2) is 4.15. The molecule has 2 heteroatoms. The topological polar surface area (TPSA) is 0 Å². The molecule has 0 radical (unpaired) electrons. The van der Waals surface area contributed by atoms with Crippen LogP contribution in [0.4, 0.5) is 4.39 Å². The van der Waals surface area contributed by atoms with Gasteiger partial charge in [-0.05, 0) is 30.7 Å². The van der Waals surface area contributed by atoms with Crippen LogP contribution in [-0.4, -0.2) is 0 Å². The van der Waals surface area contributed by atoms with Crippen molar-refractivity contribution in [3.8, 4) is 11.1 Å². The molecule has 0 fully saturated rings. The van der Waals surface area contributed by atoms with Gasteiger partial charge in [-0.3, -0.25) is 0 Å². The predicted octanol–water partition coefficient (Wildman–Crippen LogP) is 4.56. The number of halogens is 2. The van der Waals surface area contributed by atoms with E-state index >= 15 is 0 Å². The summed E-state index contributed by atoms with van der Waals surface area (Å²) in [4.78, 5) is 0. The SMILES string of the molecule is Cc1ccc(F)c(-c2ccccc2Br)c1. The van der Waals surface area contributed by atoms with Crippen molar-refractivity contribution in [2.75, 3.05) is 0 Å². The van der Waals surface area contributed by atoms with Crippen molar-refractivity contribution >= 4 is 15.9 Å². The Kier molecular flexibility index (Phi) is 2.87. The molecule has 0 unspecified atom stereocenters. The molecule has 0 bridgehead atoms. The van der Waals surface area contributed by atoms with E-state index in [9.17, 15) is 4.39 Å². The van der Waals surface area contributed by atoms with Crippen LogP contribution in [0.2, 0.25) is 0 Å². The summed E-state index contributed by atoms with van der Waals surface area (Å²) in [5.41, 5.74) is 2.59. The first-order chi connectivity index (χ1) is 7.18. The van der Waals surface area contributed by atoms with E-state index in [4.69, 9.17) is 0 Å². The zero-order valence-corrected chi connectivity index (χ0v) is 9.88.